The Morgan fingerprint density at radius 3 is 2.79 bits per heavy atom. The molecule has 1 saturated heterocycles. The topological polar surface area (TPSA) is 79.3 Å². The Balaban J connectivity index is 2.45. The van der Waals surface area contributed by atoms with Crippen molar-refractivity contribution in [3.63, 3.8) is 0 Å². The first-order chi connectivity index (χ1) is 8.95. The molecule has 2 heterocycles. The van der Waals surface area contributed by atoms with Crippen LogP contribution in [0.15, 0.2) is 0 Å². The van der Waals surface area contributed by atoms with Crippen LogP contribution in [0.1, 0.15) is 18.2 Å². The Morgan fingerprint density at radius 2 is 2.16 bits per heavy atom. The minimum atomic E-state index is -0.386. The summed E-state index contributed by atoms with van der Waals surface area (Å²) >= 11 is 0. The third kappa shape index (κ3) is 2.33. The second-order valence-electron chi connectivity index (χ2n) is 4.76. The smallest absolute Gasteiger partial charge is 0.249 e. The van der Waals surface area contributed by atoms with E-state index in [1.54, 1.807) is 16.5 Å². The van der Waals surface area contributed by atoms with Crippen LogP contribution in [-0.4, -0.2) is 41.2 Å². The van der Waals surface area contributed by atoms with Crippen LogP contribution in [0.25, 0.3) is 0 Å². The van der Waals surface area contributed by atoms with Gasteiger partial charge in [-0.25, -0.2) is 0 Å². The Bertz CT molecular complexity index is 522. The third-order valence-corrected chi connectivity index (χ3v) is 3.36. The average Bonchev–Trinajstić information content (AvgIpc) is 2.60. The number of anilines is 1. The number of imide groups is 1. The predicted octanol–water partition coefficient (Wildman–Crippen LogP) is -0.701. The number of carbonyl (C=O) groups excluding carboxylic acids is 2. The van der Waals surface area contributed by atoms with Crippen molar-refractivity contribution in [2.75, 3.05) is 18.5 Å². The van der Waals surface area contributed by atoms with E-state index in [-0.39, 0.29) is 24.4 Å². The van der Waals surface area contributed by atoms with Gasteiger partial charge in [-0.05, 0) is 20.9 Å². The fourth-order valence-corrected chi connectivity index (χ4v) is 2.41. The Hall–Kier alpha value is -1.89. The molecule has 1 unspecified atom stereocenters. The molecule has 19 heavy (non-hydrogen) atoms. The molecule has 7 nitrogen and oxygen atoms in total. The quantitative estimate of drug-likeness (QED) is 0.707. The summed E-state index contributed by atoms with van der Waals surface area (Å²) in [4.78, 5) is 25.1. The molecule has 0 aromatic carbocycles. The van der Waals surface area contributed by atoms with Crippen LogP contribution in [0.5, 0.6) is 0 Å². The zero-order valence-corrected chi connectivity index (χ0v) is 11.6. The Labute approximate surface area is 111 Å². The molecule has 2 N–H and O–H groups in total. The Morgan fingerprint density at radius 1 is 1.47 bits per heavy atom. The van der Waals surface area contributed by atoms with Crippen LogP contribution in [0.3, 0.4) is 0 Å². The lowest BCUT2D eigenvalue weighted by molar-refractivity contribution is -0.132. The number of hydrogen-bond donors (Lipinski definition) is 2. The van der Waals surface area contributed by atoms with Crippen molar-refractivity contribution in [1.29, 1.82) is 0 Å². The molecule has 1 aliphatic heterocycles. The average molecular weight is 265 g/mol. The number of nitrogens with zero attached hydrogens (tertiary/aromatic N) is 3. The lowest BCUT2D eigenvalue weighted by Crippen LogP contribution is -2.57. The van der Waals surface area contributed by atoms with Gasteiger partial charge in [-0.3, -0.25) is 19.6 Å². The summed E-state index contributed by atoms with van der Waals surface area (Å²) < 4.78 is 1.73. The maximum Gasteiger partial charge on any atom is 0.249 e. The standard InChI is InChI=1S/C12H19N5O2/c1-7-9(5-13-3)12(16(4)15-7)17-6-10(18)14-11(19)8(17)2/h8,13H,5-6H2,1-4H3,(H,14,18,19). The summed E-state index contributed by atoms with van der Waals surface area (Å²) in [6, 6.07) is -0.386. The molecule has 2 amide bonds. The fourth-order valence-electron chi connectivity index (χ4n) is 2.41. The molecule has 0 aliphatic carbocycles. The predicted molar refractivity (Wildman–Crippen MR) is 70.7 cm³/mol. The zero-order chi connectivity index (χ0) is 14.2. The summed E-state index contributed by atoms with van der Waals surface area (Å²) in [6.07, 6.45) is 0. The summed E-state index contributed by atoms with van der Waals surface area (Å²) in [5, 5.41) is 9.81. The van der Waals surface area contributed by atoms with E-state index >= 15 is 0 Å². The maximum absolute atomic E-state index is 11.8. The highest BCUT2D eigenvalue weighted by atomic mass is 16.2. The molecular weight excluding hydrogens is 246 g/mol. The number of hydrogen-bond acceptors (Lipinski definition) is 5. The van der Waals surface area contributed by atoms with Gasteiger partial charge < -0.3 is 10.2 Å². The molecule has 1 aliphatic rings. The van der Waals surface area contributed by atoms with Crippen molar-refractivity contribution in [1.82, 2.24) is 20.4 Å². The van der Waals surface area contributed by atoms with E-state index in [0.29, 0.717) is 6.54 Å². The number of aryl methyl sites for hydroxylation is 2. The van der Waals surface area contributed by atoms with E-state index in [9.17, 15) is 9.59 Å². The molecule has 1 atom stereocenters. The normalized spacial score (nSPS) is 19.8. The van der Waals surface area contributed by atoms with Gasteiger partial charge in [0.2, 0.25) is 11.8 Å². The monoisotopic (exact) mass is 265 g/mol. The number of carbonyl (C=O) groups is 2. The molecule has 1 aromatic rings. The van der Waals surface area contributed by atoms with Crippen LogP contribution >= 0.6 is 0 Å². The zero-order valence-electron chi connectivity index (χ0n) is 11.6. The van der Waals surface area contributed by atoms with Crippen molar-refractivity contribution in [2.45, 2.75) is 26.4 Å². The molecule has 0 spiro atoms. The minimum Gasteiger partial charge on any atom is -0.335 e. The van der Waals surface area contributed by atoms with Crippen LogP contribution in [0.2, 0.25) is 0 Å². The van der Waals surface area contributed by atoms with E-state index in [4.69, 9.17) is 0 Å². The molecule has 1 aromatic heterocycles. The van der Waals surface area contributed by atoms with Crippen molar-refractivity contribution in [3.05, 3.63) is 11.3 Å². The summed E-state index contributed by atoms with van der Waals surface area (Å²) in [7, 11) is 3.68. The highest BCUT2D eigenvalue weighted by molar-refractivity contribution is 6.04. The van der Waals surface area contributed by atoms with Gasteiger partial charge in [-0.2, -0.15) is 5.10 Å². The van der Waals surface area contributed by atoms with Crippen molar-refractivity contribution >= 4 is 17.6 Å². The van der Waals surface area contributed by atoms with Gasteiger partial charge in [0, 0.05) is 19.2 Å². The van der Waals surface area contributed by atoms with Gasteiger partial charge >= 0.3 is 0 Å². The summed E-state index contributed by atoms with van der Waals surface area (Å²) in [5.74, 6) is 0.269. The lowest BCUT2D eigenvalue weighted by Gasteiger charge is -2.34. The highest BCUT2D eigenvalue weighted by Crippen LogP contribution is 2.26. The number of amides is 2. The number of nitrogens with one attached hydrogen (secondary N) is 2. The Kier molecular flexibility index (Phi) is 3.57. The maximum atomic E-state index is 11.8. The first kappa shape index (κ1) is 13.5. The van der Waals surface area contributed by atoms with E-state index in [0.717, 1.165) is 17.1 Å². The first-order valence-corrected chi connectivity index (χ1v) is 6.23. The highest BCUT2D eigenvalue weighted by Gasteiger charge is 2.33. The molecule has 7 heteroatoms. The van der Waals surface area contributed by atoms with Crippen LogP contribution < -0.4 is 15.5 Å². The van der Waals surface area contributed by atoms with Crippen molar-refractivity contribution < 1.29 is 9.59 Å². The van der Waals surface area contributed by atoms with E-state index in [1.165, 1.54) is 0 Å². The molecule has 0 radical (unpaired) electrons. The van der Waals surface area contributed by atoms with Crippen LogP contribution in [0, 0.1) is 6.92 Å². The molecule has 0 bridgehead atoms. The first-order valence-electron chi connectivity index (χ1n) is 6.23. The van der Waals surface area contributed by atoms with E-state index in [2.05, 4.69) is 15.7 Å². The summed E-state index contributed by atoms with van der Waals surface area (Å²) in [5.41, 5.74) is 1.91. The van der Waals surface area contributed by atoms with Gasteiger partial charge in [-0.1, -0.05) is 0 Å². The minimum absolute atomic E-state index is 0.169. The van der Waals surface area contributed by atoms with Gasteiger partial charge in [0.15, 0.2) is 0 Å². The third-order valence-electron chi connectivity index (χ3n) is 3.36. The van der Waals surface area contributed by atoms with Gasteiger partial charge in [-0.15, -0.1) is 0 Å². The second-order valence-corrected chi connectivity index (χ2v) is 4.76. The molecule has 1 fully saturated rings. The summed E-state index contributed by atoms with van der Waals surface area (Å²) in [6.45, 7) is 4.52. The number of rotatable bonds is 3. The molecule has 0 saturated carbocycles. The van der Waals surface area contributed by atoms with Gasteiger partial charge in [0.05, 0.1) is 12.2 Å². The van der Waals surface area contributed by atoms with Crippen molar-refractivity contribution in [2.24, 2.45) is 7.05 Å². The van der Waals surface area contributed by atoms with Crippen molar-refractivity contribution in [3.8, 4) is 0 Å². The molecule has 2 rings (SSSR count). The van der Waals surface area contributed by atoms with E-state index in [1.807, 2.05) is 21.0 Å². The SMILES string of the molecule is CNCc1c(C)nn(C)c1N1CC(=O)NC(=O)C1C. The molecule has 104 valence electrons. The largest absolute Gasteiger partial charge is 0.335 e. The fraction of sp³-hybridized carbons (Fsp3) is 0.583. The molecular formula is C12H19N5O2. The van der Waals surface area contributed by atoms with Crippen LogP contribution in [-0.2, 0) is 23.2 Å². The van der Waals surface area contributed by atoms with E-state index < -0.39 is 0 Å². The van der Waals surface area contributed by atoms with Crippen LogP contribution in [0.4, 0.5) is 5.82 Å². The van der Waals surface area contributed by atoms with Gasteiger partial charge in [0.1, 0.15) is 11.9 Å². The lowest BCUT2D eigenvalue weighted by atomic mass is 10.1. The second kappa shape index (κ2) is 5.00. The van der Waals surface area contributed by atoms with Gasteiger partial charge in [0.25, 0.3) is 0 Å². The number of aromatic nitrogens is 2. The number of piperazine rings is 1.